The van der Waals surface area contributed by atoms with Crippen molar-refractivity contribution in [2.75, 3.05) is 6.61 Å². The zero-order valence-electron chi connectivity index (χ0n) is 9.45. The van der Waals surface area contributed by atoms with E-state index in [-0.39, 0.29) is 11.9 Å². The molecule has 1 fully saturated rings. The quantitative estimate of drug-likeness (QED) is 0.855. The lowest BCUT2D eigenvalue weighted by Crippen LogP contribution is -2.11. The molecule has 0 spiro atoms. The van der Waals surface area contributed by atoms with Crippen LogP contribution in [0.3, 0.4) is 0 Å². The van der Waals surface area contributed by atoms with E-state index >= 15 is 0 Å². The van der Waals surface area contributed by atoms with Crippen LogP contribution in [0.5, 0.6) is 0 Å². The molecule has 1 aliphatic heterocycles. The molecule has 3 heteroatoms. The van der Waals surface area contributed by atoms with Crippen molar-refractivity contribution in [2.45, 2.75) is 38.4 Å². The minimum Gasteiger partial charge on any atom is -0.388 e. The molecule has 1 aromatic carbocycles. The fraction of sp³-hybridized carbons (Fsp3) is 0.538. The molecule has 16 heavy (non-hydrogen) atoms. The number of benzene rings is 1. The Bertz CT molecular complexity index is 359. The number of hydrogen-bond acceptors (Lipinski definition) is 2. The minimum absolute atomic E-state index is 0.153. The van der Waals surface area contributed by atoms with Gasteiger partial charge in [-0.15, -0.1) is 0 Å². The van der Waals surface area contributed by atoms with Crippen LogP contribution in [0.2, 0.25) is 0 Å². The predicted molar refractivity (Wildman–Crippen MR) is 59.7 cm³/mol. The van der Waals surface area contributed by atoms with Gasteiger partial charge in [-0.1, -0.05) is 12.1 Å². The SMILES string of the molecule is Cc1cc(C(O)CC2CCCO2)ccc1F. The molecule has 0 aliphatic carbocycles. The number of aryl methyl sites for hydroxylation is 1. The van der Waals surface area contributed by atoms with Crippen molar-refractivity contribution in [3.63, 3.8) is 0 Å². The summed E-state index contributed by atoms with van der Waals surface area (Å²) in [5, 5.41) is 9.99. The summed E-state index contributed by atoms with van der Waals surface area (Å²) in [7, 11) is 0. The number of aliphatic hydroxyl groups excluding tert-OH is 1. The lowest BCUT2D eigenvalue weighted by Gasteiger charge is -2.16. The van der Waals surface area contributed by atoms with Crippen molar-refractivity contribution in [1.82, 2.24) is 0 Å². The molecule has 0 radical (unpaired) electrons. The first kappa shape index (κ1) is 11.6. The summed E-state index contributed by atoms with van der Waals surface area (Å²) in [6.45, 7) is 2.50. The largest absolute Gasteiger partial charge is 0.388 e. The van der Waals surface area contributed by atoms with Gasteiger partial charge < -0.3 is 9.84 Å². The topological polar surface area (TPSA) is 29.5 Å². The van der Waals surface area contributed by atoms with Gasteiger partial charge in [0.1, 0.15) is 5.82 Å². The number of ether oxygens (including phenoxy) is 1. The lowest BCUT2D eigenvalue weighted by molar-refractivity contribution is 0.0534. The van der Waals surface area contributed by atoms with Crippen molar-refractivity contribution in [1.29, 1.82) is 0 Å². The Hall–Kier alpha value is -0.930. The number of rotatable bonds is 3. The molecule has 1 heterocycles. The van der Waals surface area contributed by atoms with Gasteiger partial charge in [-0.05, 0) is 37.0 Å². The Morgan fingerprint density at radius 2 is 2.38 bits per heavy atom. The van der Waals surface area contributed by atoms with Gasteiger partial charge >= 0.3 is 0 Å². The second kappa shape index (κ2) is 4.93. The third kappa shape index (κ3) is 2.60. The zero-order chi connectivity index (χ0) is 11.5. The Balaban J connectivity index is 2.02. The number of aliphatic hydroxyl groups is 1. The van der Waals surface area contributed by atoms with Crippen molar-refractivity contribution >= 4 is 0 Å². The summed E-state index contributed by atoms with van der Waals surface area (Å²) in [6.07, 6.45) is 2.28. The first-order chi connectivity index (χ1) is 7.66. The predicted octanol–water partition coefficient (Wildman–Crippen LogP) is 2.74. The van der Waals surface area contributed by atoms with Crippen LogP contribution >= 0.6 is 0 Å². The molecule has 2 unspecified atom stereocenters. The van der Waals surface area contributed by atoms with Crippen molar-refractivity contribution in [3.8, 4) is 0 Å². The summed E-state index contributed by atoms with van der Waals surface area (Å²) in [4.78, 5) is 0. The van der Waals surface area contributed by atoms with Crippen LogP contribution in [0, 0.1) is 12.7 Å². The molecule has 2 rings (SSSR count). The van der Waals surface area contributed by atoms with Gasteiger partial charge in [-0.2, -0.15) is 0 Å². The lowest BCUT2D eigenvalue weighted by atomic mass is 10.0. The van der Waals surface area contributed by atoms with Crippen LogP contribution < -0.4 is 0 Å². The van der Waals surface area contributed by atoms with E-state index in [1.807, 2.05) is 0 Å². The Morgan fingerprint density at radius 1 is 1.56 bits per heavy atom. The van der Waals surface area contributed by atoms with Crippen molar-refractivity contribution in [3.05, 3.63) is 35.1 Å². The van der Waals surface area contributed by atoms with Crippen LogP contribution in [0.15, 0.2) is 18.2 Å². The third-order valence-corrected chi connectivity index (χ3v) is 3.08. The van der Waals surface area contributed by atoms with Gasteiger partial charge in [0, 0.05) is 13.0 Å². The Morgan fingerprint density at radius 3 is 3.00 bits per heavy atom. The average molecular weight is 224 g/mol. The monoisotopic (exact) mass is 224 g/mol. The van der Waals surface area contributed by atoms with Gasteiger partial charge in [0.2, 0.25) is 0 Å². The van der Waals surface area contributed by atoms with E-state index in [1.54, 1.807) is 19.1 Å². The maximum atomic E-state index is 13.1. The van der Waals surface area contributed by atoms with E-state index in [0.29, 0.717) is 12.0 Å². The molecule has 1 saturated heterocycles. The fourth-order valence-corrected chi connectivity index (χ4v) is 2.09. The Kier molecular flexibility index (Phi) is 3.56. The molecule has 88 valence electrons. The van der Waals surface area contributed by atoms with Crippen LogP contribution in [0.25, 0.3) is 0 Å². The van der Waals surface area contributed by atoms with Crippen LogP contribution in [-0.4, -0.2) is 17.8 Å². The molecular weight excluding hydrogens is 207 g/mol. The second-order valence-electron chi connectivity index (χ2n) is 4.40. The van der Waals surface area contributed by atoms with Crippen molar-refractivity contribution in [2.24, 2.45) is 0 Å². The molecule has 2 atom stereocenters. The highest BCUT2D eigenvalue weighted by Crippen LogP contribution is 2.25. The Labute approximate surface area is 95.1 Å². The van der Waals surface area contributed by atoms with E-state index in [2.05, 4.69) is 0 Å². The molecule has 0 amide bonds. The molecule has 1 N–H and O–H groups in total. The minimum atomic E-state index is -0.553. The summed E-state index contributed by atoms with van der Waals surface area (Å²) < 4.78 is 18.5. The maximum Gasteiger partial charge on any atom is 0.126 e. The molecule has 2 nitrogen and oxygen atoms in total. The molecule has 0 saturated carbocycles. The maximum absolute atomic E-state index is 13.1. The molecule has 0 aromatic heterocycles. The van der Waals surface area contributed by atoms with Gasteiger partial charge in [0.25, 0.3) is 0 Å². The zero-order valence-corrected chi connectivity index (χ0v) is 9.45. The smallest absolute Gasteiger partial charge is 0.126 e. The van der Waals surface area contributed by atoms with Crippen molar-refractivity contribution < 1.29 is 14.2 Å². The molecule has 1 aromatic rings. The van der Waals surface area contributed by atoms with E-state index in [4.69, 9.17) is 4.74 Å². The van der Waals surface area contributed by atoms with E-state index in [1.165, 1.54) is 6.07 Å². The van der Waals surface area contributed by atoms with Gasteiger partial charge in [-0.3, -0.25) is 0 Å². The highest BCUT2D eigenvalue weighted by atomic mass is 19.1. The molecule has 0 bridgehead atoms. The van der Waals surface area contributed by atoms with Gasteiger partial charge in [0.15, 0.2) is 0 Å². The number of hydrogen-bond donors (Lipinski definition) is 1. The third-order valence-electron chi connectivity index (χ3n) is 3.08. The van der Waals surface area contributed by atoms with E-state index < -0.39 is 6.10 Å². The first-order valence-electron chi connectivity index (χ1n) is 5.72. The fourth-order valence-electron chi connectivity index (χ4n) is 2.09. The van der Waals surface area contributed by atoms with E-state index in [9.17, 15) is 9.50 Å². The summed E-state index contributed by atoms with van der Waals surface area (Å²) in [5.41, 5.74) is 1.35. The highest BCUT2D eigenvalue weighted by Gasteiger charge is 2.20. The normalized spacial score (nSPS) is 22.3. The summed E-state index contributed by atoms with van der Waals surface area (Å²) in [5.74, 6) is -0.229. The van der Waals surface area contributed by atoms with Gasteiger partial charge in [0.05, 0.1) is 12.2 Å². The summed E-state index contributed by atoms with van der Waals surface area (Å²) >= 11 is 0. The molecule has 1 aliphatic rings. The number of halogens is 1. The highest BCUT2D eigenvalue weighted by molar-refractivity contribution is 5.25. The molecular formula is C13H17FO2. The summed E-state index contributed by atoms with van der Waals surface area (Å²) in [6, 6.07) is 4.75. The van der Waals surface area contributed by atoms with Crippen LogP contribution in [-0.2, 0) is 4.74 Å². The van der Waals surface area contributed by atoms with E-state index in [0.717, 1.165) is 25.0 Å². The first-order valence-corrected chi connectivity index (χ1v) is 5.72. The standard InChI is InChI=1S/C13H17FO2/c1-9-7-10(4-5-12(9)14)13(15)8-11-3-2-6-16-11/h4-5,7,11,13,15H,2-3,6,8H2,1H3. The average Bonchev–Trinajstić information content (AvgIpc) is 2.74. The van der Waals surface area contributed by atoms with Crippen LogP contribution in [0.4, 0.5) is 4.39 Å². The second-order valence-corrected chi connectivity index (χ2v) is 4.40. The van der Waals surface area contributed by atoms with Crippen LogP contribution in [0.1, 0.15) is 36.5 Å². The van der Waals surface area contributed by atoms with Gasteiger partial charge in [-0.25, -0.2) is 4.39 Å².